The van der Waals surface area contributed by atoms with Crippen molar-refractivity contribution in [2.45, 2.75) is 26.4 Å². The Morgan fingerprint density at radius 3 is 3.00 bits per heavy atom. The molecule has 0 N–H and O–H groups in total. The predicted octanol–water partition coefficient (Wildman–Crippen LogP) is 3.86. The van der Waals surface area contributed by atoms with Gasteiger partial charge >= 0.3 is 0 Å². The van der Waals surface area contributed by atoms with E-state index in [1.54, 1.807) is 0 Å². The van der Waals surface area contributed by atoms with Crippen LogP contribution in [-0.2, 0) is 17.8 Å². The lowest BCUT2D eigenvalue weighted by Crippen LogP contribution is -2.21. The van der Waals surface area contributed by atoms with Crippen molar-refractivity contribution in [2.24, 2.45) is 5.41 Å². The lowest BCUT2D eigenvalue weighted by molar-refractivity contribution is 0.0979. The van der Waals surface area contributed by atoms with Gasteiger partial charge < -0.3 is 9.26 Å². The molecule has 0 aliphatic heterocycles. The van der Waals surface area contributed by atoms with Crippen LogP contribution in [-0.4, -0.2) is 11.8 Å². The summed E-state index contributed by atoms with van der Waals surface area (Å²) in [5, 5.41) is 3.85. The number of nitrogens with zero attached hydrogens (tertiary/aromatic N) is 1. The van der Waals surface area contributed by atoms with Gasteiger partial charge in [-0.2, -0.15) is 0 Å². The Labute approximate surface area is 119 Å². The first-order valence-corrected chi connectivity index (χ1v) is 7.00. The van der Waals surface area contributed by atoms with Gasteiger partial charge in [0.05, 0.1) is 12.8 Å². The molecule has 0 amide bonds. The SMILES string of the molecule is CC1(CCOCc2ccccc2)C=Cc2oncc2C1. The Bertz CT molecular complexity index is 588. The Balaban J connectivity index is 1.49. The molecule has 0 saturated carbocycles. The van der Waals surface area contributed by atoms with E-state index >= 15 is 0 Å². The van der Waals surface area contributed by atoms with Crippen LogP contribution in [0.3, 0.4) is 0 Å². The maximum atomic E-state index is 5.78. The Morgan fingerprint density at radius 1 is 1.30 bits per heavy atom. The van der Waals surface area contributed by atoms with Crippen LogP contribution >= 0.6 is 0 Å². The highest BCUT2D eigenvalue weighted by Gasteiger charge is 2.27. The first-order chi connectivity index (χ1) is 9.75. The lowest BCUT2D eigenvalue weighted by atomic mass is 9.78. The molecule has 0 bridgehead atoms. The van der Waals surface area contributed by atoms with Gasteiger partial charge in [0.1, 0.15) is 0 Å². The molecule has 1 aliphatic rings. The predicted molar refractivity (Wildman–Crippen MR) is 78.1 cm³/mol. The van der Waals surface area contributed by atoms with Gasteiger partial charge in [-0.25, -0.2) is 0 Å². The molecule has 1 heterocycles. The molecule has 0 radical (unpaired) electrons. The zero-order chi connectivity index (χ0) is 13.8. The summed E-state index contributed by atoms with van der Waals surface area (Å²) < 4.78 is 10.9. The largest absolute Gasteiger partial charge is 0.377 e. The fourth-order valence-electron chi connectivity index (χ4n) is 2.55. The van der Waals surface area contributed by atoms with Crippen LogP contribution in [0.5, 0.6) is 0 Å². The Morgan fingerprint density at radius 2 is 2.15 bits per heavy atom. The van der Waals surface area contributed by atoms with E-state index in [9.17, 15) is 0 Å². The van der Waals surface area contributed by atoms with Crippen molar-refractivity contribution in [3.8, 4) is 0 Å². The minimum atomic E-state index is 0.134. The number of benzene rings is 1. The molecule has 0 spiro atoms. The van der Waals surface area contributed by atoms with Gasteiger partial charge in [-0.05, 0) is 29.9 Å². The molecule has 2 aromatic rings. The normalized spacial score (nSPS) is 20.9. The quantitative estimate of drug-likeness (QED) is 0.773. The van der Waals surface area contributed by atoms with Gasteiger partial charge in [0.2, 0.25) is 0 Å². The fraction of sp³-hybridized carbons (Fsp3) is 0.353. The highest BCUT2D eigenvalue weighted by Crippen LogP contribution is 2.35. The minimum Gasteiger partial charge on any atom is -0.377 e. The van der Waals surface area contributed by atoms with Crippen molar-refractivity contribution < 1.29 is 9.26 Å². The van der Waals surface area contributed by atoms with E-state index in [1.807, 2.05) is 30.5 Å². The summed E-state index contributed by atoms with van der Waals surface area (Å²) in [5.74, 6) is 0.896. The second-order valence-electron chi connectivity index (χ2n) is 5.67. The third kappa shape index (κ3) is 2.99. The van der Waals surface area contributed by atoms with E-state index in [-0.39, 0.29) is 5.41 Å². The molecule has 1 aliphatic carbocycles. The summed E-state index contributed by atoms with van der Waals surface area (Å²) in [4.78, 5) is 0. The van der Waals surface area contributed by atoms with Gasteiger partial charge in [0, 0.05) is 12.2 Å². The van der Waals surface area contributed by atoms with Crippen LogP contribution in [0.4, 0.5) is 0 Å². The molecule has 0 fully saturated rings. The van der Waals surface area contributed by atoms with Crippen LogP contribution in [0, 0.1) is 5.41 Å². The summed E-state index contributed by atoms with van der Waals surface area (Å²) in [6.07, 6.45) is 8.04. The van der Waals surface area contributed by atoms with Crippen molar-refractivity contribution in [1.82, 2.24) is 5.16 Å². The number of fused-ring (bicyclic) bond motifs is 1. The Hall–Kier alpha value is -1.87. The average molecular weight is 269 g/mol. The van der Waals surface area contributed by atoms with E-state index in [4.69, 9.17) is 9.26 Å². The molecule has 3 rings (SSSR count). The van der Waals surface area contributed by atoms with Crippen molar-refractivity contribution in [2.75, 3.05) is 6.61 Å². The van der Waals surface area contributed by atoms with Gasteiger partial charge in [0.15, 0.2) is 5.76 Å². The van der Waals surface area contributed by atoms with Crippen LogP contribution in [0.15, 0.2) is 47.1 Å². The molecule has 1 aromatic heterocycles. The fourth-order valence-corrected chi connectivity index (χ4v) is 2.55. The molecular weight excluding hydrogens is 250 g/mol. The molecule has 1 atom stereocenters. The topological polar surface area (TPSA) is 35.3 Å². The minimum absolute atomic E-state index is 0.134. The van der Waals surface area contributed by atoms with E-state index in [2.05, 4.69) is 30.3 Å². The van der Waals surface area contributed by atoms with Crippen LogP contribution in [0.2, 0.25) is 0 Å². The van der Waals surface area contributed by atoms with Gasteiger partial charge in [-0.3, -0.25) is 0 Å². The summed E-state index contributed by atoms with van der Waals surface area (Å²) in [6, 6.07) is 10.3. The first-order valence-electron chi connectivity index (χ1n) is 7.00. The molecule has 1 aromatic carbocycles. The third-order valence-corrected chi connectivity index (χ3v) is 3.84. The molecule has 3 heteroatoms. The van der Waals surface area contributed by atoms with Crippen molar-refractivity contribution in [1.29, 1.82) is 0 Å². The highest BCUT2D eigenvalue weighted by atomic mass is 16.5. The van der Waals surface area contributed by atoms with Crippen LogP contribution < -0.4 is 0 Å². The first kappa shape index (κ1) is 13.1. The summed E-state index contributed by atoms with van der Waals surface area (Å²) in [6.45, 7) is 3.70. The van der Waals surface area contributed by atoms with E-state index in [1.165, 1.54) is 11.1 Å². The number of hydrogen-bond acceptors (Lipinski definition) is 3. The van der Waals surface area contributed by atoms with E-state index in [0.717, 1.165) is 25.2 Å². The maximum absolute atomic E-state index is 5.78. The molecular formula is C17H19NO2. The molecule has 104 valence electrons. The van der Waals surface area contributed by atoms with Crippen LogP contribution in [0.1, 0.15) is 30.2 Å². The summed E-state index contributed by atoms with van der Waals surface area (Å²) in [7, 11) is 0. The highest BCUT2D eigenvalue weighted by molar-refractivity contribution is 5.51. The van der Waals surface area contributed by atoms with E-state index < -0.39 is 0 Å². The van der Waals surface area contributed by atoms with E-state index in [0.29, 0.717) is 6.61 Å². The standard InChI is InChI=1S/C17H19NO2/c1-17(8-7-16-15(11-17)12-18-20-16)9-10-19-13-14-5-3-2-4-6-14/h2-8,12H,9-11,13H2,1H3. The maximum Gasteiger partial charge on any atom is 0.162 e. The van der Waals surface area contributed by atoms with Gasteiger partial charge in [-0.1, -0.05) is 48.5 Å². The van der Waals surface area contributed by atoms with Crippen molar-refractivity contribution in [3.63, 3.8) is 0 Å². The smallest absolute Gasteiger partial charge is 0.162 e. The number of hydrogen-bond donors (Lipinski definition) is 0. The van der Waals surface area contributed by atoms with Crippen LogP contribution in [0.25, 0.3) is 6.08 Å². The second kappa shape index (κ2) is 5.63. The summed E-state index contributed by atoms with van der Waals surface area (Å²) in [5.41, 5.74) is 2.55. The van der Waals surface area contributed by atoms with Crippen molar-refractivity contribution >= 4 is 6.08 Å². The molecule has 1 unspecified atom stereocenters. The number of aromatic nitrogens is 1. The number of allylic oxidation sites excluding steroid dienone is 1. The number of ether oxygens (including phenoxy) is 1. The zero-order valence-electron chi connectivity index (χ0n) is 11.7. The second-order valence-corrected chi connectivity index (χ2v) is 5.67. The molecule has 20 heavy (non-hydrogen) atoms. The lowest BCUT2D eigenvalue weighted by Gasteiger charge is -2.28. The number of rotatable bonds is 5. The third-order valence-electron chi connectivity index (χ3n) is 3.84. The van der Waals surface area contributed by atoms with Gasteiger partial charge in [-0.15, -0.1) is 0 Å². The zero-order valence-corrected chi connectivity index (χ0v) is 11.7. The molecule has 3 nitrogen and oxygen atoms in total. The van der Waals surface area contributed by atoms with Crippen molar-refractivity contribution in [3.05, 3.63) is 59.5 Å². The average Bonchev–Trinajstić information content (AvgIpc) is 2.92. The Kier molecular flexibility index (Phi) is 3.70. The molecule has 0 saturated heterocycles. The van der Waals surface area contributed by atoms with Gasteiger partial charge in [0.25, 0.3) is 0 Å². The monoisotopic (exact) mass is 269 g/mol. The summed E-state index contributed by atoms with van der Waals surface area (Å²) >= 11 is 0.